The normalized spacial score (nSPS) is 13.1. The lowest BCUT2D eigenvalue weighted by atomic mass is 10.0. The van der Waals surface area contributed by atoms with Crippen molar-refractivity contribution in [1.82, 2.24) is 10.6 Å². The average molecular weight is 254 g/mol. The lowest BCUT2D eigenvalue weighted by Crippen LogP contribution is -2.55. The van der Waals surface area contributed by atoms with Crippen LogP contribution < -0.4 is 10.6 Å². The first-order chi connectivity index (χ1) is 8.33. The first kappa shape index (κ1) is 14.2. The highest BCUT2D eigenvalue weighted by atomic mass is 16.4. The van der Waals surface area contributed by atoms with E-state index in [1.165, 1.54) is 20.1 Å². The molecule has 0 radical (unpaired) electrons. The van der Waals surface area contributed by atoms with Crippen molar-refractivity contribution in [3.05, 3.63) is 24.2 Å². The van der Waals surface area contributed by atoms with Crippen LogP contribution >= 0.6 is 0 Å². The van der Waals surface area contributed by atoms with Gasteiger partial charge in [-0.1, -0.05) is 0 Å². The molecule has 6 heteroatoms. The van der Waals surface area contributed by atoms with Crippen LogP contribution in [0.25, 0.3) is 0 Å². The molecule has 18 heavy (non-hydrogen) atoms. The van der Waals surface area contributed by atoms with Crippen molar-refractivity contribution < 1.29 is 19.1 Å². The summed E-state index contributed by atoms with van der Waals surface area (Å²) in [4.78, 5) is 22.6. The summed E-state index contributed by atoms with van der Waals surface area (Å²) in [5.41, 5.74) is -1.15. The number of rotatable bonds is 6. The lowest BCUT2D eigenvalue weighted by molar-refractivity contribution is -0.144. The molecular formula is C12H18N2O4. The zero-order chi connectivity index (χ0) is 13.8. The number of carboxylic acids is 1. The fourth-order valence-electron chi connectivity index (χ4n) is 1.41. The number of amides is 1. The van der Waals surface area contributed by atoms with Gasteiger partial charge in [0.2, 0.25) is 5.91 Å². The topological polar surface area (TPSA) is 91.6 Å². The van der Waals surface area contributed by atoms with Gasteiger partial charge in [0.15, 0.2) is 0 Å². The van der Waals surface area contributed by atoms with Crippen LogP contribution in [-0.2, 0) is 16.1 Å². The molecule has 0 aliphatic carbocycles. The number of carbonyl (C=O) groups is 2. The first-order valence-electron chi connectivity index (χ1n) is 5.64. The Balaban J connectivity index is 2.44. The van der Waals surface area contributed by atoms with Crippen LogP contribution in [0.4, 0.5) is 0 Å². The summed E-state index contributed by atoms with van der Waals surface area (Å²) < 4.78 is 5.07. The molecule has 1 aromatic heterocycles. The summed E-state index contributed by atoms with van der Waals surface area (Å²) in [5, 5.41) is 14.3. The summed E-state index contributed by atoms with van der Waals surface area (Å²) in [7, 11) is 0. The third-order valence-electron chi connectivity index (χ3n) is 2.52. The van der Waals surface area contributed by atoms with E-state index in [4.69, 9.17) is 9.52 Å². The first-order valence-corrected chi connectivity index (χ1v) is 5.64. The van der Waals surface area contributed by atoms with Gasteiger partial charge in [-0.25, -0.2) is 0 Å². The Kier molecular flexibility index (Phi) is 4.49. The van der Waals surface area contributed by atoms with E-state index in [0.717, 1.165) is 0 Å². The maximum atomic E-state index is 11.7. The van der Waals surface area contributed by atoms with Gasteiger partial charge in [0, 0.05) is 0 Å². The van der Waals surface area contributed by atoms with E-state index in [2.05, 4.69) is 10.6 Å². The molecule has 0 fully saturated rings. The molecule has 1 heterocycles. The number of aliphatic carboxylic acids is 1. The van der Waals surface area contributed by atoms with Crippen molar-refractivity contribution in [1.29, 1.82) is 0 Å². The second-order valence-corrected chi connectivity index (χ2v) is 4.59. The molecule has 0 saturated carbocycles. The van der Waals surface area contributed by atoms with Crippen LogP contribution in [0.3, 0.4) is 0 Å². The van der Waals surface area contributed by atoms with Gasteiger partial charge in [-0.05, 0) is 32.9 Å². The molecule has 6 nitrogen and oxygen atoms in total. The number of hydrogen-bond donors (Lipinski definition) is 3. The van der Waals surface area contributed by atoms with E-state index < -0.39 is 17.6 Å². The van der Waals surface area contributed by atoms with Crippen LogP contribution in [0, 0.1) is 0 Å². The Morgan fingerprint density at radius 1 is 1.50 bits per heavy atom. The molecule has 1 atom stereocenters. The molecule has 3 N–H and O–H groups in total. The molecule has 1 rings (SSSR count). The van der Waals surface area contributed by atoms with Crippen LogP contribution in [-0.4, -0.2) is 28.6 Å². The van der Waals surface area contributed by atoms with Crippen molar-refractivity contribution in [2.24, 2.45) is 0 Å². The standard InChI is InChI=1S/C12H18N2O4/c1-8(14-12(2,3)11(16)17)10(15)13-7-9-5-4-6-18-9/h4-6,8,14H,7H2,1-3H3,(H,13,15)(H,16,17). The Bertz CT molecular complexity index is 412. The van der Waals surface area contributed by atoms with E-state index in [0.29, 0.717) is 5.76 Å². The van der Waals surface area contributed by atoms with Crippen molar-refractivity contribution in [3.8, 4) is 0 Å². The molecule has 1 aromatic rings. The zero-order valence-electron chi connectivity index (χ0n) is 10.7. The minimum Gasteiger partial charge on any atom is -0.480 e. The van der Waals surface area contributed by atoms with Crippen molar-refractivity contribution in [2.75, 3.05) is 0 Å². The average Bonchev–Trinajstić information content (AvgIpc) is 2.77. The van der Waals surface area contributed by atoms with Gasteiger partial charge in [0.25, 0.3) is 0 Å². The summed E-state index contributed by atoms with van der Waals surface area (Å²) in [5.74, 6) is -0.637. The molecule has 100 valence electrons. The number of carboxylic acid groups (broad SMARTS) is 1. The largest absolute Gasteiger partial charge is 0.480 e. The van der Waals surface area contributed by atoms with Gasteiger partial charge in [0.05, 0.1) is 18.8 Å². The molecule has 1 amide bonds. The van der Waals surface area contributed by atoms with Crippen LogP contribution in [0.15, 0.2) is 22.8 Å². The number of nitrogens with one attached hydrogen (secondary N) is 2. The van der Waals surface area contributed by atoms with Gasteiger partial charge in [0.1, 0.15) is 11.3 Å². The van der Waals surface area contributed by atoms with Gasteiger partial charge in [-0.2, -0.15) is 0 Å². The molecule has 0 bridgehead atoms. The maximum absolute atomic E-state index is 11.7. The fraction of sp³-hybridized carbons (Fsp3) is 0.500. The predicted molar refractivity (Wildman–Crippen MR) is 64.9 cm³/mol. The molecular weight excluding hydrogens is 236 g/mol. The minimum absolute atomic E-state index is 0.277. The SMILES string of the molecule is CC(NC(C)(C)C(=O)O)C(=O)NCc1ccco1. The second-order valence-electron chi connectivity index (χ2n) is 4.59. The molecule has 0 aliphatic heterocycles. The van der Waals surface area contributed by atoms with E-state index in [1.807, 2.05) is 0 Å². The van der Waals surface area contributed by atoms with Gasteiger partial charge in [-0.3, -0.25) is 14.9 Å². The quantitative estimate of drug-likeness (QED) is 0.696. The molecule has 1 unspecified atom stereocenters. The monoisotopic (exact) mass is 254 g/mol. The lowest BCUT2D eigenvalue weighted by Gasteiger charge is -2.25. The molecule has 0 aromatic carbocycles. The summed E-state index contributed by atoms with van der Waals surface area (Å²) >= 11 is 0. The van der Waals surface area contributed by atoms with E-state index in [-0.39, 0.29) is 12.5 Å². The predicted octanol–water partition coefficient (Wildman–Crippen LogP) is 0.737. The van der Waals surface area contributed by atoms with E-state index in [9.17, 15) is 9.59 Å². The van der Waals surface area contributed by atoms with Crippen molar-refractivity contribution in [2.45, 2.75) is 38.9 Å². The van der Waals surface area contributed by atoms with E-state index in [1.54, 1.807) is 19.1 Å². The van der Waals surface area contributed by atoms with Crippen molar-refractivity contribution >= 4 is 11.9 Å². The number of carbonyl (C=O) groups excluding carboxylic acids is 1. The maximum Gasteiger partial charge on any atom is 0.323 e. The Morgan fingerprint density at radius 3 is 2.67 bits per heavy atom. The Labute approximate surface area is 105 Å². The third kappa shape index (κ3) is 3.89. The van der Waals surface area contributed by atoms with Crippen LogP contribution in [0.2, 0.25) is 0 Å². The van der Waals surface area contributed by atoms with Gasteiger partial charge in [-0.15, -0.1) is 0 Å². The smallest absolute Gasteiger partial charge is 0.323 e. The van der Waals surface area contributed by atoms with Crippen LogP contribution in [0.1, 0.15) is 26.5 Å². The highest BCUT2D eigenvalue weighted by Crippen LogP contribution is 2.04. The van der Waals surface area contributed by atoms with Gasteiger partial charge < -0.3 is 14.8 Å². The zero-order valence-corrected chi connectivity index (χ0v) is 10.7. The summed E-state index contributed by atoms with van der Waals surface area (Å²) in [6.07, 6.45) is 1.52. The van der Waals surface area contributed by atoms with Gasteiger partial charge >= 0.3 is 5.97 Å². The Hall–Kier alpha value is -1.82. The highest BCUT2D eigenvalue weighted by molar-refractivity contribution is 5.83. The number of furan rings is 1. The minimum atomic E-state index is -1.15. The van der Waals surface area contributed by atoms with Crippen LogP contribution in [0.5, 0.6) is 0 Å². The molecule has 0 spiro atoms. The highest BCUT2D eigenvalue weighted by Gasteiger charge is 2.30. The Morgan fingerprint density at radius 2 is 2.17 bits per heavy atom. The fourth-order valence-corrected chi connectivity index (χ4v) is 1.41. The third-order valence-corrected chi connectivity index (χ3v) is 2.52. The summed E-state index contributed by atoms with van der Waals surface area (Å²) in [6, 6.07) is 2.88. The molecule has 0 saturated heterocycles. The number of hydrogen-bond acceptors (Lipinski definition) is 4. The van der Waals surface area contributed by atoms with E-state index >= 15 is 0 Å². The van der Waals surface area contributed by atoms with Crippen molar-refractivity contribution in [3.63, 3.8) is 0 Å². The summed E-state index contributed by atoms with van der Waals surface area (Å²) in [6.45, 7) is 4.91. The second kappa shape index (κ2) is 5.68. The molecule has 0 aliphatic rings.